The molecule has 1 aliphatic carbocycles. The highest BCUT2D eigenvalue weighted by atomic mass is 15.2. The van der Waals surface area contributed by atoms with E-state index in [-0.39, 0.29) is 0 Å². The molecule has 20 heavy (non-hydrogen) atoms. The molecule has 0 radical (unpaired) electrons. The van der Waals surface area contributed by atoms with Crippen LogP contribution in [0, 0.1) is 5.41 Å². The van der Waals surface area contributed by atoms with Crippen LogP contribution in [0.25, 0.3) is 0 Å². The normalized spacial score (nSPS) is 26.3. The van der Waals surface area contributed by atoms with Gasteiger partial charge in [0.25, 0.3) is 0 Å². The number of hydrogen-bond acceptors (Lipinski definition) is 1. The molecule has 1 aliphatic heterocycles. The van der Waals surface area contributed by atoms with E-state index in [1.54, 1.807) is 5.56 Å². The lowest BCUT2D eigenvalue weighted by Gasteiger charge is -2.51. The van der Waals surface area contributed by atoms with E-state index in [1.807, 2.05) is 0 Å². The lowest BCUT2D eigenvalue weighted by atomic mass is 9.72. The van der Waals surface area contributed by atoms with E-state index >= 15 is 0 Å². The zero-order valence-corrected chi connectivity index (χ0v) is 13.2. The van der Waals surface area contributed by atoms with Gasteiger partial charge in [0.15, 0.2) is 0 Å². The van der Waals surface area contributed by atoms with Crippen molar-refractivity contribution in [3.63, 3.8) is 0 Å². The third kappa shape index (κ3) is 2.65. The van der Waals surface area contributed by atoms with E-state index < -0.39 is 0 Å². The van der Waals surface area contributed by atoms with Gasteiger partial charge in [0.05, 0.1) is 0 Å². The van der Waals surface area contributed by atoms with Crippen LogP contribution in [0.3, 0.4) is 0 Å². The monoisotopic (exact) mass is 271 g/mol. The van der Waals surface area contributed by atoms with Crippen LogP contribution in [0.2, 0.25) is 0 Å². The van der Waals surface area contributed by atoms with Gasteiger partial charge in [0, 0.05) is 5.54 Å². The zero-order chi connectivity index (χ0) is 14.1. The molecule has 1 heterocycles. The van der Waals surface area contributed by atoms with E-state index in [4.69, 9.17) is 0 Å². The summed E-state index contributed by atoms with van der Waals surface area (Å²) in [6.45, 7) is 7.42. The minimum absolute atomic E-state index is 0.343. The second-order valence-electron chi connectivity index (χ2n) is 7.61. The van der Waals surface area contributed by atoms with E-state index in [0.717, 1.165) is 0 Å². The average Bonchev–Trinajstić information content (AvgIpc) is 2.49. The van der Waals surface area contributed by atoms with Crippen LogP contribution in [0.15, 0.2) is 30.3 Å². The molecule has 1 aromatic carbocycles. The van der Waals surface area contributed by atoms with Gasteiger partial charge in [-0.25, -0.2) is 0 Å². The van der Waals surface area contributed by atoms with Gasteiger partial charge in [-0.15, -0.1) is 0 Å². The molecule has 1 saturated carbocycles. The highest BCUT2D eigenvalue weighted by molar-refractivity contribution is 5.25. The molecule has 0 aromatic heterocycles. The smallest absolute Gasteiger partial charge is 0.0460 e. The largest absolute Gasteiger partial charge is 0.294 e. The van der Waals surface area contributed by atoms with Gasteiger partial charge in [0.1, 0.15) is 0 Å². The van der Waals surface area contributed by atoms with Crippen molar-refractivity contribution in [1.82, 2.24) is 4.90 Å². The van der Waals surface area contributed by atoms with Gasteiger partial charge >= 0.3 is 0 Å². The summed E-state index contributed by atoms with van der Waals surface area (Å²) in [5.74, 6) is 0. The van der Waals surface area contributed by atoms with Crippen LogP contribution >= 0.6 is 0 Å². The van der Waals surface area contributed by atoms with Gasteiger partial charge in [-0.2, -0.15) is 0 Å². The second-order valence-corrected chi connectivity index (χ2v) is 7.61. The van der Waals surface area contributed by atoms with Crippen LogP contribution in [0.1, 0.15) is 64.4 Å². The predicted molar refractivity (Wildman–Crippen MR) is 85.8 cm³/mol. The number of nitrogens with zero attached hydrogens (tertiary/aromatic N) is 1. The summed E-state index contributed by atoms with van der Waals surface area (Å²) in [4.78, 5) is 2.83. The number of piperidine rings is 1. The number of rotatable bonds is 2. The molecule has 1 heteroatoms. The summed E-state index contributed by atoms with van der Waals surface area (Å²) in [6.07, 6.45) is 9.63. The fraction of sp³-hybridized carbons (Fsp3) is 0.684. The quantitative estimate of drug-likeness (QED) is 0.734. The molecular weight excluding hydrogens is 242 g/mol. The Morgan fingerprint density at radius 1 is 0.800 bits per heavy atom. The summed E-state index contributed by atoms with van der Waals surface area (Å²) in [7, 11) is 0. The highest BCUT2D eigenvalue weighted by Gasteiger charge is 2.41. The molecule has 3 rings (SSSR count). The molecule has 0 atom stereocenters. The van der Waals surface area contributed by atoms with Crippen molar-refractivity contribution in [1.29, 1.82) is 0 Å². The molecule has 2 fully saturated rings. The maximum atomic E-state index is 2.83. The Balaban J connectivity index is 1.87. The van der Waals surface area contributed by atoms with Crippen molar-refractivity contribution in [2.75, 3.05) is 13.1 Å². The van der Waals surface area contributed by atoms with E-state index in [0.29, 0.717) is 11.0 Å². The molecule has 0 spiro atoms. The minimum Gasteiger partial charge on any atom is -0.294 e. The van der Waals surface area contributed by atoms with Crippen molar-refractivity contribution >= 4 is 0 Å². The van der Waals surface area contributed by atoms with Crippen LogP contribution in [0.4, 0.5) is 0 Å². The SMILES string of the molecule is CC1(C)CCN(C2(c3ccccc3)CCCCC2)CC1. The molecule has 0 bridgehead atoms. The van der Waals surface area contributed by atoms with Gasteiger partial charge in [-0.3, -0.25) is 4.90 Å². The fourth-order valence-electron chi connectivity index (χ4n) is 4.21. The molecule has 110 valence electrons. The van der Waals surface area contributed by atoms with Gasteiger partial charge in [-0.1, -0.05) is 63.4 Å². The summed E-state index contributed by atoms with van der Waals surface area (Å²) >= 11 is 0. The number of likely N-dealkylation sites (tertiary alicyclic amines) is 1. The van der Waals surface area contributed by atoms with E-state index in [9.17, 15) is 0 Å². The van der Waals surface area contributed by atoms with E-state index in [1.165, 1.54) is 58.0 Å². The van der Waals surface area contributed by atoms with Crippen LogP contribution < -0.4 is 0 Å². The molecule has 0 unspecified atom stereocenters. The first-order valence-corrected chi connectivity index (χ1v) is 8.43. The minimum atomic E-state index is 0.343. The molecule has 1 aromatic rings. The Labute approximate surface area is 124 Å². The van der Waals surface area contributed by atoms with E-state index in [2.05, 4.69) is 49.1 Å². The van der Waals surface area contributed by atoms with Crippen LogP contribution in [-0.4, -0.2) is 18.0 Å². The molecule has 2 aliphatic rings. The van der Waals surface area contributed by atoms with Crippen LogP contribution in [-0.2, 0) is 5.54 Å². The van der Waals surface area contributed by atoms with Gasteiger partial charge in [-0.05, 0) is 49.8 Å². The summed E-state index contributed by atoms with van der Waals surface area (Å²) in [6, 6.07) is 11.3. The Morgan fingerprint density at radius 3 is 2.00 bits per heavy atom. The third-order valence-electron chi connectivity index (χ3n) is 5.71. The maximum absolute atomic E-state index is 2.83. The molecule has 1 nitrogen and oxygen atoms in total. The second kappa shape index (κ2) is 5.52. The first-order valence-electron chi connectivity index (χ1n) is 8.43. The van der Waals surface area contributed by atoms with Gasteiger partial charge in [0.2, 0.25) is 0 Å². The number of hydrogen-bond donors (Lipinski definition) is 0. The first kappa shape index (κ1) is 14.1. The third-order valence-corrected chi connectivity index (χ3v) is 5.71. The Hall–Kier alpha value is -0.820. The molecule has 0 amide bonds. The molecular formula is C19H29N. The fourth-order valence-corrected chi connectivity index (χ4v) is 4.21. The van der Waals surface area contributed by atoms with Crippen molar-refractivity contribution in [3.05, 3.63) is 35.9 Å². The molecule has 1 saturated heterocycles. The zero-order valence-electron chi connectivity index (χ0n) is 13.2. The van der Waals surface area contributed by atoms with Crippen molar-refractivity contribution in [3.8, 4) is 0 Å². The standard InChI is InChI=1S/C19H29N/c1-18(2)13-15-20(16-14-18)19(11-7-4-8-12-19)17-9-5-3-6-10-17/h3,5-6,9-10H,4,7-8,11-16H2,1-2H3. The predicted octanol–water partition coefficient (Wildman–Crippen LogP) is 4.97. The Kier molecular flexibility index (Phi) is 3.90. The maximum Gasteiger partial charge on any atom is 0.0460 e. The summed E-state index contributed by atoms with van der Waals surface area (Å²) in [5, 5.41) is 0. The lowest BCUT2D eigenvalue weighted by Crippen LogP contribution is -2.52. The Morgan fingerprint density at radius 2 is 1.40 bits per heavy atom. The number of benzene rings is 1. The average molecular weight is 271 g/mol. The summed E-state index contributed by atoms with van der Waals surface area (Å²) in [5.41, 5.74) is 2.46. The van der Waals surface area contributed by atoms with Gasteiger partial charge < -0.3 is 0 Å². The lowest BCUT2D eigenvalue weighted by molar-refractivity contribution is 0.000433. The van der Waals surface area contributed by atoms with Crippen molar-refractivity contribution < 1.29 is 0 Å². The highest BCUT2D eigenvalue weighted by Crippen LogP contribution is 2.45. The molecule has 0 N–H and O–H groups in total. The Bertz CT molecular complexity index is 418. The van der Waals surface area contributed by atoms with Crippen LogP contribution in [0.5, 0.6) is 0 Å². The summed E-state index contributed by atoms with van der Waals surface area (Å²) < 4.78 is 0. The van der Waals surface area contributed by atoms with Crippen molar-refractivity contribution in [2.24, 2.45) is 5.41 Å². The van der Waals surface area contributed by atoms with Crippen molar-refractivity contribution in [2.45, 2.75) is 64.3 Å². The topological polar surface area (TPSA) is 3.24 Å². The first-order chi connectivity index (χ1) is 9.62.